The van der Waals surface area contributed by atoms with E-state index in [0.29, 0.717) is 11.4 Å². The van der Waals surface area contributed by atoms with Crippen molar-refractivity contribution < 1.29 is 4.79 Å². The zero-order chi connectivity index (χ0) is 12.3. The van der Waals surface area contributed by atoms with Gasteiger partial charge < -0.3 is 10.3 Å². The van der Waals surface area contributed by atoms with E-state index >= 15 is 0 Å². The second-order valence-corrected chi connectivity index (χ2v) is 4.35. The highest BCUT2D eigenvalue weighted by molar-refractivity contribution is 5.92. The highest BCUT2D eigenvalue weighted by Crippen LogP contribution is 2.10. The van der Waals surface area contributed by atoms with E-state index in [9.17, 15) is 9.59 Å². The van der Waals surface area contributed by atoms with Gasteiger partial charge in [-0.1, -0.05) is 12.2 Å². The number of rotatable bonds is 2. The predicted molar refractivity (Wildman–Crippen MR) is 66.0 cm³/mol. The highest BCUT2D eigenvalue weighted by atomic mass is 16.2. The smallest absolute Gasteiger partial charge is 0.268 e. The molecule has 0 radical (unpaired) electrons. The number of nitrogens with one attached hydrogen (secondary N) is 2. The second-order valence-electron chi connectivity index (χ2n) is 4.35. The summed E-state index contributed by atoms with van der Waals surface area (Å²) in [5.74, 6) is -0.220. The normalized spacial score (nSPS) is 19.0. The van der Waals surface area contributed by atoms with Gasteiger partial charge >= 0.3 is 0 Å². The van der Waals surface area contributed by atoms with Gasteiger partial charge in [-0.2, -0.15) is 0 Å². The van der Waals surface area contributed by atoms with Crippen molar-refractivity contribution in [3.05, 3.63) is 45.9 Å². The first-order valence-corrected chi connectivity index (χ1v) is 5.83. The first-order chi connectivity index (χ1) is 8.15. The van der Waals surface area contributed by atoms with Gasteiger partial charge in [-0.25, -0.2) is 0 Å². The van der Waals surface area contributed by atoms with Crippen molar-refractivity contribution in [3.63, 3.8) is 0 Å². The summed E-state index contributed by atoms with van der Waals surface area (Å²) >= 11 is 0. The predicted octanol–water partition coefficient (Wildman–Crippen LogP) is 1.52. The van der Waals surface area contributed by atoms with Crippen LogP contribution >= 0.6 is 0 Å². The molecule has 1 heterocycles. The van der Waals surface area contributed by atoms with Crippen molar-refractivity contribution in [2.45, 2.75) is 32.2 Å². The number of aromatic nitrogens is 1. The van der Waals surface area contributed by atoms with Gasteiger partial charge in [-0.15, -0.1) is 0 Å². The van der Waals surface area contributed by atoms with E-state index in [2.05, 4.69) is 16.4 Å². The van der Waals surface area contributed by atoms with E-state index in [4.69, 9.17) is 0 Å². The van der Waals surface area contributed by atoms with E-state index in [0.717, 1.165) is 19.3 Å². The molecule has 1 amide bonds. The lowest BCUT2D eigenvalue weighted by atomic mass is 10.0. The molecule has 17 heavy (non-hydrogen) atoms. The van der Waals surface area contributed by atoms with Gasteiger partial charge in [0.15, 0.2) is 5.43 Å². The van der Waals surface area contributed by atoms with Gasteiger partial charge in [0.1, 0.15) is 5.69 Å². The number of amides is 1. The molecule has 90 valence electrons. The van der Waals surface area contributed by atoms with Gasteiger partial charge in [0, 0.05) is 23.9 Å². The third kappa shape index (κ3) is 3.06. The van der Waals surface area contributed by atoms with E-state index in [-0.39, 0.29) is 17.4 Å². The number of hydrogen-bond donors (Lipinski definition) is 2. The van der Waals surface area contributed by atoms with Crippen molar-refractivity contribution in [3.8, 4) is 0 Å². The Morgan fingerprint density at radius 1 is 1.47 bits per heavy atom. The first kappa shape index (κ1) is 11.6. The van der Waals surface area contributed by atoms with Crippen LogP contribution in [0, 0.1) is 6.92 Å². The Hall–Kier alpha value is -1.84. The Morgan fingerprint density at radius 3 is 2.94 bits per heavy atom. The molecule has 1 atom stereocenters. The molecule has 0 saturated carbocycles. The van der Waals surface area contributed by atoms with Crippen molar-refractivity contribution >= 4 is 5.91 Å². The van der Waals surface area contributed by atoms with Gasteiger partial charge in [0.2, 0.25) is 0 Å². The maximum absolute atomic E-state index is 11.9. The maximum Gasteiger partial charge on any atom is 0.268 e. The first-order valence-electron chi connectivity index (χ1n) is 5.83. The average molecular weight is 232 g/mol. The minimum absolute atomic E-state index is 0.0836. The van der Waals surface area contributed by atoms with Crippen LogP contribution in [-0.2, 0) is 0 Å². The van der Waals surface area contributed by atoms with Crippen LogP contribution in [0.25, 0.3) is 0 Å². The summed E-state index contributed by atoms with van der Waals surface area (Å²) in [6.45, 7) is 1.76. The van der Waals surface area contributed by atoms with Gasteiger partial charge in [-0.3, -0.25) is 9.59 Å². The van der Waals surface area contributed by atoms with Crippen LogP contribution < -0.4 is 10.7 Å². The number of carbonyl (C=O) groups is 1. The summed E-state index contributed by atoms with van der Waals surface area (Å²) in [5, 5.41) is 2.89. The molecule has 1 aromatic heterocycles. The number of aromatic amines is 1. The number of hydrogen-bond acceptors (Lipinski definition) is 2. The topological polar surface area (TPSA) is 62.0 Å². The van der Waals surface area contributed by atoms with Crippen LogP contribution in [0.4, 0.5) is 0 Å². The Balaban J connectivity index is 2.11. The summed E-state index contributed by atoms with van der Waals surface area (Å²) in [6, 6.07) is 2.88. The van der Waals surface area contributed by atoms with Crippen LogP contribution in [0.5, 0.6) is 0 Å². The maximum atomic E-state index is 11.9. The van der Waals surface area contributed by atoms with Crippen molar-refractivity contribution in [2.75, 3.05) is 0 Å². The number of allylic oxidation sites excluding steroid dienone is 1. The highest BCUT2D eigenvalue weighted by Gasteiger charge is 2.13. The van der Waals surface area contributed by atoms with Crippen molar-refractivity contribution in [1.29, 1.82) is 0 Å². The van der Waals surface area contributed by atoms with Gasteiger partial charge in [-0.05, 0) is 26.2 Å². The molecule has 4 nitrogen and oxygen atoms in total. The minimum Gasteiger partial charge on any atom is -0.354 e. The Morgan fingerprint density at radius 2 is 2.29 bits per heavy atom. The molecule has 1 unspecified atom stereocenters. The largest absolute Gasteiger partial charge is 0.354 e. The molecule has 1 aliphatic rings. The summed E-state index contributed by atoms with van der Waals surface area (Å²) in [4.78, 5) is 26.1. The van der Waals surface area contributed by atoms with Crippen LogP contribution in [0.3, 0.4) is 0 Å². The average Bonchev–Trinajstić information content (AvgIpc) is 2.29. The van der Waals surface area contributed by atoms with Gasteiger partial charge in [0.05, 0.1) is 0 Å². The molecule has 1 aliphatic carbocycles. The Bertz CT molecular complexity index is 502. The zero-order valence-electron chi connectivity index (χ0n) is 9.82. The number of pyridine rings is 1. The van der Waals surface area contributed by atoms with E-state index in [1.165, 1.54) is 12.1 Å². The lowest BCUT2D eigenvalue weighted by Gasteiger charge is -2.17. The SMILES string of the molecule is Cc1cc(=O)cc(C(=O)NC2C=CCCC2)[nH]1. The molecule has 0 bridgehead atoms. The summed E-state index contributed by atoms with van der Waals surface area (Å²) in [6.07, 6.45) is 7.21. The summed E-state index contributed by atoms with van der Waals surface area (Å²) in [5.41, 5.74) is 0.876. The molecule has 0 fully saturated rings. The van der Waals surface area contributed by atoms with Crippen molar-refractivity contribution in [1.82, 2.24) is 10.3 Å². The number of H-pyrrole nitrogens is 1. The fourth-order valence-electron chi connectivity index (χ4n) is 1.98. The standard InChI is InChI=1S/C13H16N2O2/c1-9-7-11(16)8-12(14-9)13(17)15-10-5-3-2-4-6-10/h3,5,7-8,10H,2,4,6H2,1H3,(H,14,16)(H,15,17). The van der Waals surface area contributed by atoms with E-state index in [1.807, 2.05) is 6.08 Å². The quantitative estimate of drug-likeness (QED) is 0.759. The molecule has 0 saturated heterocycles. The molecule has 0 aliphatic heterocycles. The Kier molecular flexibility index (Phi) is 3.42. The lowest BCUT2D eigenvalue weighted by Crippen LogP contribution is -2.35. The van der Waals surface area contributed by atoms with Crippen LogP contribution in [-0.4, -0.2) is 16.9 Å². The molecule has 0 aromatic carbocycles. The Labute approximate surface area is 99.7 Å². The van der Waals surface area contributed by atoms with Crippen LogP contribution in [0.1, 0.15) is 35.4 Å². The zero-order valence-corrected chi connectivity index (χ0v) is 9.82. The summed E-state index contributed by atoms with van der Waals surface area (Å²) in [7, 11) is 0. The van der Waals surface area contributed by atoms with Crippen LogP contribution in [0.15, 0.2) is 29.1 Å². The fourth-order valence-corrected chi connectivity index (χ4v) is 1.98. The lowest BCUT2D eigenvalue weighted by molar-refractivity contribution is 0.0936. The van der Waals surface area contributed by atoms with E-state index in [1.54, 1.807) is 6.92 Å². The minimum atomic E-state index is -0.220. The molecular formula is C13H16N2O2. The molecular weight excluding hydrogens is 216 g/mol. The third-order valence-corrected chi connectivity index (χ3v) is 2.79. The molecule has 1 aromatic rings. The van der Waals surface area contributed by atoms with Crippen LogP contribution in [0.2, 0.25) is 0 Å². The van der Waals surface area contributed by atoms with Gasteiger partial charge in [0.25, 0.3) is 5.91 Å². The molecule has 4 heteroatoms. The van der Waals surface area contributed by atoms with Crippen molar-refractivity contribution in [2.24, 2.45) is 0 Å². The second kappa shape index (κ2) is 4.99. The molecule has 2 N–H and O–H groups in total. The number of aryl methyl sites for hydroxylation is 1. The molecule has 0 spiro atoms. The third-order valence-electron chi connectivity index (χ3n) is 2.79. The fraction of sp³-hybridized carbons (Fsp3) is 0.385. The monoisotopic (exact) mass is 232 g/mol. The van der Waals surface area contributed by atoms with E-state index < -0.39 is 0 Å². The molecule has 2 rings (SSSR count). The summed E-state index contributed by atoms with van der Waals surface area (Å²) < 4.78 is 0. The number of carbonyl (C=O) groups excluding carboxylic acids is 1.